The highest BCUT2D eigenvalue weighted by molar-refractivity contribution is 5.73. The molecule has 0 spiro atoms. The van der Waals surface area contributed by atoms with E-state index in [1.807, 2.05) is 30.6 Å². The normalized spacial score (nSPS) is 18.6. The summed E-state index contributed by atoms with van der Waals surface area (Å²) in [5.74, 6) is 1.06. The van der Waals surface area contributed by atoms with Crippen molar-refractivity contribution in [3.05, 3.63) is 48.7 Å². The molecule has 0 saturated carbocycles. The van der Waals surface area contributed by atoms with E-state index in [0.29, 0.717) is 6.04 Å². The highest BCUT2D eigenvalue weighted by Crippen LogP contribution is 2.21. The Hall–Kier alpha value is -2.27. The Morgan fingerprint density at radius 1 is 1.18 bits per heavy atom. The van der Waals surface area contributed by atoms with Crippen LogP contribution in [0.4, 0.5) is 0 Å². The minimum atomic E-state index is 0.501. The fourth-order valence-corrected chi connectivity index (χ4v) is 3.17. The van der Waals surface area contributed by atoms with Crippen molar-refractivity contribution < 1.29 is 0 Å². The van der Waals surface area contributed by atoms with Crippen LogP contribution < -0.4 is 5.32 Å². The Morgan fingerprint density at radius 3 is 2.95 bits per heavy atom. The second-order valence-electron chi connectivity index (χ2n) is 5.77. The molecule has 5 heteroatoms. The van der Waals surface area contributed by atoms with Gasteiger partial charge in [-0.05, 0) is 43.7 Å². The number of hydrogen-bond acceptors (Lipinski definition) is 4. The molecule has 4 rings (SSSR count). The lowest BCUT2D eigenvalue weighted by Gasteiger charge is -2.23. The van der Waals surface area contributed by atoms with Gasteiger partial charge in [-0.15, -0.1) is 0 Å². The maximum atomic E-state index is 4.82. The topological polar surface area (TPSA) is 55.6 Å². The number of fused-ring (bicyclic) bond motifs is 1. The van der Waals surface area contributed by atoms with Crippen LogP contribution in [0.2, 0.25) is 0 Å². The molecule has 1 saturated heterocycles. The van der Waals surface area contributed by atoms with Gasteiger partial charge in [-0.2, -0.15) is 0 Å². The quantitative estimate of drug-likeness (QED) is 0.806. The van der Waals surface area contributed by atoms with E-state index in [0.717, 1.165) is 35.6 Å². The number of pyridine rings is 2. The fourth-order valence-electron chi connectivity index (χ4n) is 3.17. The minimum Gasteiger partial charge on any atom is -0.314 e. The maximum Gasteiger partial charge on any atom is 0.164 e. The molecule has 22 heavy (non-hydrogen) atoms. The van der Waals surface area contributed by atoms with E-state index in [1.165, 1.54) is 19.3 Å². The highest BCUT2D eigenvalue weighted by atomic mass is 15.1. The van der Waals surface area contributed by atoms with Crippen molar-refractivity contribution in [3.63, 3.8) is 0 Å². The summed E-state index contributed by atoms with van der Waals surface area (Å²) in [6, 6.07) is 8.47. The van der Waals surface area contributed by atoms with Gasteiger partial charge in [-0.25, -0.2) is 9.97 Å². The summed E-state index contributed by atoms with van der Waals surface area (Å²) in [5.41, 5.74) is 2.87. The van der Waals surface area contributed by atoms with E-state index in [2.05, 4.69) is 25.9 Å². The summed E-state index contributed by atoms with van der Waals surface area (Å²) >= 11 is 0. The third kappa shape index (κ3) is 2.48. The summed E-state index contributed by atoms with van der Waals surface area (Å²) in [6.45, 7) is 1.11. The molecule has 0 aromatic carbocycles. The number of nitrogens with one attached hydrogen (secondary N) is 1. The van der Waals surface area contributed by atoms with Gasteiger partial charge in [0.15, 0.2) is 5.65 Å². The smallest absolute Gasteiger partial charge is 0.164 e. The Bertz CT molecular complexity index is 759. The van der Waals surface area contributed by atoms with Crippen molar-refractivity contribution in [3.8, 4) is 5.69 Å². The van der Waals surface area contributed by atoms with Gasteiger partial charge in [0, 0.05) is 24.9 Å². The van der Waals surface area contributed by atoms with Crippen LogP contribution in [0, 0.1) is 0 Å². The largest absolute Gasteiger partial charge is 0.314 e. The van der Waals surface area contributed by atoms with E-state index in [1.54, 1.807) is 6.20 Å². The van der Waals surface area contributed by atoms with Gasteiger partial charge in [0.05, 0.1) is 11.9 Å². The predicted octanol–water partition coefficient (Wildman–Crippen LogP) is 2.50. The zero-order valence-corrected chi connectivity index (χ0v) is 12.4. The highest BCUT2D eigenvalue weighted by Gasteiger charge is 2.19. The molecule has 1 aliphatic heterocycles. The van der Waals surface area contributed by atoms with Crippen LogP contribution in [0.5, 0.6) is 0 Å². The minimum absolute atomic E-state index is 0.501. The van der Waals surface area contributed by atoms with Gasteiger partial charge in [0.2, 0.25) is 0 Å². The van der Waals surface area contributed by atoms with Crippen molar-refractivity contribution in [1.29, 1.82) is 0 Å². The van der Waals surface area contributed by atoms with Crippen LogP contribution >= 0.6 is 0 Å². The molecule has 1 fully saturated rings. The molecule has 1 atom stereocenters. The number of rotatable bonds is 3. The Balaban J connectivity index is 1.79. The molecule has 4 heterocycles. The molecule has 0 aliphatic carbocycles. The Kier molecular flexibility index (Phi) is 3.56. The molecule has 112 valence electrons. The van der Waals surface area contributed by atoms with E-state index in [-0.39, 0.29) is 0 Å². The molecule has 1 N–H and O–H groups in total. The number of imidazole rings is 1. The van der Waals surface area contributed by atoms with Crippen LogP contribution in [0.15, 0.2) is 42.9 Å². The maximum absolute atomic E-state index is 4.82. The van der Waals surface area contributed by atoms with E-state index < -0.39 is 0 Å². The van der Waals surface area contributed by atoms with E-state index in [4.69, 9.17) is 4.98 Å². The van der Waals surface area contributed by atoms with Crippen LogP contribution in [-0.4, -0.2) is 32.1 Å². The third-order valence-corrected chi connectivity index (χ3v) is 4.23. The zero-order chi connectivity index (χ0) is 14.8. The molecule has 0 bridgehead atoms. The van der Waals surface area contributed by atoms with Crippen molar-refractivity contribution in [2.24, 2.45) is 0 Å². The van der Waals surface area contributed by atoms with Crippen molar-refractivity contribution in [2.75, 3.05) is 6.54 Å². The van der Waals surface area contributed by atoms with Gasteiger partial charge in [0.25, 0.3) is 0 Å². The van der Waals surface area contributed by atoms with Crippen molar-refractivity contribution >= 4 is 11.2 Å². The molecule has 3 aromatic heterocycles. The van der Waals surface area contributed by atoms with Crippen molar-refractivity contribution in [2.45, 2.75) is 31.7 Å². The van der Waals surface area contributed by atoms with Crippen LogP contribution in [-0.2, 0) is 6.42 Å². The SMILES string of the molecule is c1cncc(-n2c(CC3CCCCN3)nc3cccnc32)c1. The molecule has 0 amide bonds. The average molecular weight is 293 g/mol. The number of hydrogen-bond donors (Lipinski definition) is 1. The van der Waals surface area contributed by atoms with E-state index >= 15 is 0 Å². The fraction of sp³-hybridized carbons (Fsp3) is 0.353. The molecule has 0 radical (unpaired) electrons. The summed E-state index contributed by atoms with van der Waals surface area (Å²) < 4.78 is 2.14. The molecule has 1 aliphatic rings. The summed E-state index contributed by atoms with van der Waals surface area (Å²) in [5, 5.41) is 3.60. The van der Waals surface area contributed by atoms with Crippen molar-refractivity contribution in [1.82, 2.24) is 24.8 Å². The standard InChI is InChI=1S/C17H19N5/c1-2-9-19-13(5-1)11-16-21-15-7-4-10-20-17(15)22(16)14-6-3-8-18-12-14/h3-4,6-8,10,12-13,19H,1-2,5,9,11H2. The first-order valence-electron chi connectivity index (χ1n) is 7.88. The lowest BCUT2D eigenvalue weighted by atomic mass is 10.0. The number of nitrogens with zero attached hydrogens (tertiary/aromatic N) is 4. The molecule has 5 nitrogen and oxygen atoms in total. The third-order valence-electron chi connectivity index (χ3n) is 4.23. The van der Waals surface area contributed by atoms with Gasteiger partial charge in [-0.1, -0.05) is 6.42 Å². The predicted molar refractivity (Wildman–Crippen MR) is 86.0 cm³/mol. The lowest BCUT2D eigenvalue weighted by Crippen LogP contribution is -2.36. The second kappa shape index (κ2) is 5.85. The van der Waals surface area contributed by atoms with Gasteiger partial charge in [0.1, 0.15) is 11.3 Å². The van der Waals surface area contributed by atoms with Crippen LogP contribution in [0.3, 0.4) is 0 Å². The van der Waals surface area contributed by atoms with Crippen LogP contribution in [0.25, 0.3) is 16.9 Å². The van der Waals surface area contributed by atoms with Gasteiger partial charge >= 0.3 is 0 Å². The molecular weight excluding hydrogens is 274 g/mol. The monoisotopic (exact) mass is 293 g/mol. The first kappa shape index (κ1) is 13.4. The lowest BCUT2D eigenvalue weighted by molar-refractivity contribution is 0.393. The second-order valence-corrected chi connectivity index (χ2v) is 5.77. The van der Waals surface area contributed by atoms with Crippen LogP contribution in [0.1, 0.15) is 25.1 Å². The molecule has 3 aromatic rings. The Morgan fingerprint density at radius 2 is 2.14 bits per heavy atom. The first-order valence-corrected chi connectivity index (χ1v) is 7.88. The average Bonchev–Trinajstić information content (AvgIpc) is 2.94. The molecular formula is C17H19N5. The number of aromatic nitrogens is 4. The van der Waals surface area contributed by atoms with Gasteiger partial charge < -0.3 is 5.32 Å². The van der Waals surface area contributed by atoms with Gasteiger partial charge in [-0.3, -0.25) is 9.55 Å². The Labute approximate surface area is 129 Å². The zero-order valence-electron chi connectivity index (χ0n) is 12.4. The summed E-state index contributed by atoms with van der Waals surface area (Å²) in [7, 11) is 0. The summed E-state index contributed by atoms with van der Waals surface area (Å²) in [6.07, 6.45) is 10.2. The first-order chi connectivity index (χ1) is 10.9. The van der Waals surface area contributed by atoms with E-state index in [9.17, 15) is 0 Å². The molecule has 1 unspecified atom stereocenters. The number of piperidine rings is 1. The summed E-state index contributed by atoms with van der Waals surface area (Å²) in [4.78, 5) is 13.6.